The minimum absolute atomic E-state index is 0.137. The zero-order valence-corrected chi connectivity index (χ0v) is 17.9. The molecule has 1 atom stereocenters. The summed E-state index contributed by atoms with van der Waals surface area (Å²) in [5, 5.41) is 12.0. The van der Waals surface area contributed by atoms with Gasteiger partial charge in [-0.1, -0.05) is 12.1 Å². The highest BCUT2D eigenvalue weighted by Crippen LogP contribution is 2.27. The lowest BCUT2D eigenvalue weighted by atomic mass is 10.0. The van der Waals surface area contributed by atoms with Crippen molar-refractivity contribution in [3.63, 3.8) is 0 Å². The lowest BCUT2D eigenvalue weighted by Crippen LogP contribution is -2.45. The molecule has 0 aromatic heterocycles. The Hall–Kier alpha value is -3.42. The Morgan fingerprint density at radius 1 is 0.968 bits per heavy atom. The number of methoxy groups -OCH3 is 2. The molecule has 0 saturated carbocycles. The van der Waals surface area contributed by atoms with E-state index in [1.165, 1.54) is 12.1 Å². The third-order valence-corrected chi connectivity index (χ3v) is 4.70. The van der Waals surface area contributed by atoms with E-state index >= 15 is 0 Å². The summed E-state index contributed by atoms with van der Waals surface area (Å²) >= 11 is 0. The average Bonchev–Trinajstić information content (AvgIpc) is 2.76. The van der Waals surface area contributed by atoms with E-state index in [0.717, 1.165) is 18.4 Å². The second-order valence-corrected chi connectivity index (χ2v) is 7.10. The number of unbranched alkanes of at least 4 members (excludes halogenated alkanes) is 2. The number of nitrogens with one attached hydrogen (secondary N) is 1. The summed E-state index contributed by atoms with van der Waals surface area (Å²) in [5.41, 5.74) is 6.22. The maximum Gasteiger partial charge on any atom is 0.240 e. The van der Waals surface area contributed by atoms with Gasteiger partial charge in [-0.25, -0.2) is 0 Å². The Morgan fingerprint density at radius 2 is 1.58 bits per heavy atom. The summed E-state index contributed by atoms with van der Waals surface area (Å²) in [5.74, 6) is 1.29. The van der Waals surface area contributed by atoms with Crippen LogP contribution in [0, 0.1) is 0 Å². The van der Waals surface area contributed by atoms with Crippen molar-refractivity contribution in [3.8, 4) is 23.0 Å². The number of hydrogen-bond donors (Lipinski definition) is 3. The molecule has 2 amide bonds. The molecule has 8 heteroatoms. The van der Waals surface area contributed by atoms with Gasteiger partial charge in [0.15, 0.2) is 0 Å². The number of carbonyl (C=O) groups excluding carboxylic acids is 2. The summed E-state index contributed by atoms with van der Waals surface area (Å²) in [6.45, 7) is 0.503. The van der Waals surface area contributed by atoms with Crippen molar-refractivity contribution >= 4 is 11.8 Å². The second-order valence-electron chi connectivity index (χ2n) is 7.10. The van der Waals surface area contributed by atoms with Gasteiger partial charge in [-0.05, 0) is 37.0 Å². The van der Waals surface area contributed by atoms with E-state index in [1.54, 1.807) is 44.6 Å². The van der Waals surface area contributed by atoms with E-state index in [-0.39, 0.29) is 18.1 Å². The van der Waals surface area contributed by atoms with Crippen LogP contribution in [-0.4, -0.2) is 43.8 Å². The molecule has 0 spiro atoms. The molecule has 0 heterocycles. The average molecular weight is 431 g/mol. The van der Waals surface area contributed by atoms with Gasteiger partial charge in [-0.15, -0.1) is 0 Å². The van der Waals surface area contributed by atoms with Crippen molar-refractivity contribution in [1.82, 2.24) is 5.32 Å². The Kier molecular flexibility index (Phi) is 9.48. The van der Waals surface area contributed by atoms with Gasteiger partial charge in [0.1, 0.15) is 29.0 Å². The monoisotopic (exact) mass is 430 g/mol. The van der Waals surface area contributed by atoms with Crippen LogP contribution in [0.25, 0.3) is 0 Å². The van der Waals surface area contributed by atoms with Crippen LogP contribution in [-0.2, 0) is 16.0 Å². The summed E-state index contributed by atoms with van der Waals surface area (Å²) in [7, 11) is 3.16. The van der Waals surface area contributed by atoms with Crippen LogP contribution in [0.5, 0.6) is 23.0 Å². The van der Waals surface area contributed by atoms with Crippen LogP contribution in [0.4, 0.5) is 0 Å². The van der Waals surface area contributed by atoms with Gasteiger partial charge in [0.05, 0.1) is 20.8 Å². The molecule has 0 aliphatic heterocycles. The third-order valence-electron chi connectivity index (χ3n) is 4.70. The summed E-state index contributed by atoms with van der Waals surface area (Å²) < 4.78 is 16.2. The fraction of sp³-hybridized carbons (Fsp3) is 0.391. The van der Waals surface area contributed by atoms with E-state index < -0.39 is 11.9 Å². The number of ether oxygens (including phenoxy) is 3. The Morgan fingerprint density at radius 3 is 2.16 bits per heavy atom. The molecule has 0 aliphatic rings. The third kappa shape index (κ3) is 8.46. The number of amides is 2. The van der Waals surface area contributed by atoms with Crippen molar-refractivity contribution in [1.29, 1.82) is 0 Å². The van der Waals surface area contributed by atoms with Crippen LogP contribution < -0.4 is 25.3 Å². The number of phenolic OH excluding ortho intramolecular Hbond substituents is 1. The molecule has 8 nitrogen and oxygen atoms in total. The van der Waals surface area contributed by atoms with Crippen LogP contribution in [0.1, 0.15) is 31.2 Å². The van der Waals surface area contributed by atoms with Gasteiger partial charge >= 0.3 is 0 Å². The van der Waals surface area contributed by atoms with Crippen molar-refractivity contribution in [3.05, 3.63) is 48.0 Å². The number of primary amides is 1. The first-order valence-electron chi connectivity index (χ1n) is 10.1. The standard InChI is InChI=1S/C23H30N2O6/c1-29-18-13-19(30-2)15-20(14-18)31-11-5-3-4-6-22(27)25-21(23(24)28)12-16-7-9-17(26)10-8-16/h7-10,13-15,21,26H,3-6,11-12H2,1-2H3,(H2,24,28)(H,25,27). The minimum Gasteiger partial charge on any atom is -0.508 e. The molecule has 4 N–H and O–H groups in total. The van der Waals surface area contributed by atoms with Gasteiger partial charge in [0.2, 0.25) is 11.8 Å². The molecular formula is C23H30N2O6. The first-order valence-corrected chi connectivity index (χ1v) is 10.1. The van der Waals surface area contributed by atoms with Gasteiger partial charge in [-0.3, -0.25) is 9.59 Å². The lowest BCUT2D eigenvalue weighted by Gasteiger charge is -2.15. The Balaban J connectivity index is 1.69. The zero-order valence-electron chi connectivity index (χ0n) is 17.9. The fourth-order valence-electron chi connectivity index (χ4n) is 2.98. The summed E-state index contributed by atoms with van der Waals surface area (Å²) in [6.07, 6.45) is 2.82. The number of hydrogen-bond acceptors (Lipinski definition) is 6. The lowest BCUT2D eigenvalue weighted by molar-refractivity contribution is -0.127. The second kappa shape index (κ2) is 12.3. The van der Waals surface area contributed by atoms with E-state index in [0.29, 0.717) is 36.7 Å². The molecule has 31 heavy (non-hydrogen) atoms. The number of benzene rings is 2. The fourth-order valence-corrected chi connectivity index (χ4v) is 2.98. The van der Waals surface area contributed by atoms with Crippen molar-refractivity contribution in [2.45, 2.75) is 38.1 Å². The smallest absolute Gasteiger partial charge is 0.240 e. The van der Waals surface area contributed by atoms with Crippen LogP contribution in [0.15, 0.2) is 42.5 Å². The first kappa shape index (κ1) is 23.9. The van der Waals surface area contributed by atoms with Gasteiger partial charge < -0.3 is 30.4 Å². The van der Waals surface area contributed by atoms with Crippen LogP contribution >= 0.6 is 0 Å². The number of carbonyl (C=O) groups is 2. The normalized spacial score (nSPS) is 11.4. The molecule has 2 aromatic carbocycles. The van der Waals surface area contributed by atoms with E-state index in [1.807, 2.05) is 0 Å². The topological polar surface area (TPSA) is 120 Å². The zero-order chi connectivity index (χ0) is 22.6. The van der Waals surface area contributed by atoms with E-state index in [2.05, 4.69) is 5.32 Å². The van der Waals surface area contributed by atoms with Crippen molar-refractivity contribution in [2.24, 2.45) is 5.73 Å². The highest BCUT2D eigenvalue weighted by Gasteiger charge is 2.18. The van der Waals surface area contributed by atoms with Gasteiger partial charge in [0, 0.05) is 31.0 Å². The van der Waals surface area contributed by atoms with Crippen molar-refractivity contribution < 1.29 is 28.9 Å². The maximum absolute atomic E-state index is 12.2. The summed E-state index contributed by atoms with van der Waals surface area (Å²) in [6, 6.07) is 11.0. The highest BCUT2D eigenvalue weighted by molar-refractivity contribution is 5.86. The number of rotatable bonds is 13. The maximum atomic E-state index is 12.2. The van der Waals surface area contributed by atoms with Gasteiger partial charge in [0.25, 0.3) is 0 Å². The predicted molar refractivity (Wildman–Crippen MR) is 116 cm³/mol. The SMILES string of the molecule is COc1cc(OC)cc(OCCCCCC(=O)NC(Cc2ccc(O)cc2)C(N)=O)c1. The van der Waals surface area contributed by atoms with Gasteiger partial charge in [-0.2, -0.15) is 0 Å². The quantitative estimate of drug-likeness (QED) is 0.420. The van der Waals surface area contributed by atoms with Crippen LogP contribution in [0.2, 0.25) is 0 Å². The first-order chi connectivity index (χ1) is 14.9. The molecule has 2 rings (SSSR count). The number of nitrogens with two attached hydrogens (primary N) is 1. The van der Waals surface area contributed by atoms with Crippen LogP contribution in [0.3, 0.4) is 0 Å². The van der Waals surface area contributed by atoms with E-state index in [9.17, 15) is 14.7 Å². The highest BCUT2D eigenvalue weighted by atomic mass is 16.5. The largest absolute Gasteiger partial charge is 0.508 e. The van der Waals surface area contributed by atoms with E-state index in [4.69, 9.17) is 19.9 Å². The minimum atomic E-state index is -0.789. The molecule has 0 aliphatic carbocycles. The summed E-state index contributed by atoms with van der Waals surface area (Å²) in [4.78, 5) is 23.9. The number of phenols is 1. The molecule has 0 bridgehead atoms. The Bertz CT molecular complexity index is 831. The van der Waals surface area contributed by atoms with Crippen molar-refractivity contribution in [2.75, 3.05) is 20.8 Å². The molecule has 0 radical (unpaired) electrons. The molecular weight excluding hydrogens is 400 g/mol. The Labute approximate surface area is 182 Å². The number of aromatic hydroxyl groups is 1. The molecule has 1 unspecified atom stereocenters. The molecule has 168 valence electrons. The molecule has 0 saturated heterocycles. The molecule has 2 aromatic rings. The molecule has 0 fully saturated rings. The predicted octanol–water partition coefficient (Wildman–Crippen LogP) is 2.56.